The van der Waals surface area contributed by atoms with E-state index in [0.717, 1.165) is 49.9 Å². The van der Waals surface area contributed by atoms with Gasteiger partial charge in [-0.15, -0.1) is 10.2 Å². The van der Waals surface area contributed by atoms with Crippen molar-refractivity contribution in [2.24, 2.45) is 0 Å². The first-order chi connectivity index (χ1) is 13.5. The zero-order valence-electron chi connectivity index (χ0n) is 17.6. The van der Waals surface area contributed by atoms with Gasteiger partial charge in [0.1, 0.15) is 5.69 Å². The summed E-state index contributed by atoms with van der Waals surface area (Å²) >= 11 is 0. The Labute approximate surface area is 167 Å². The summed E-state index contributed by atoms with van der Waals surface area (Å²) in [7, 11) is 0. The summed E-state index contributed by atoms with van der Waals surface area (Å²) in [6, 6.07) is 4.48. The molecule has 0 amide bonds. The molecule has 3 aromatic rings. The SMILES string of the molecule is CCCN(CCC)c1nnc(-c2cnccn2)n1Cc1c(C)cc(C)cc1C. The maximum Gasteiger partial charge on any atom is 0.227 e. The van der Waals surface area contributed by atoms with Gasteiger partial charge in [-0.05, 0) is 50.3 Å². The molecule has 0 atom stereocenters. The van der Waals surface area contributed by atoms with Crippen molar-refractivity contribution in [2.75, 3.05) is 18.0 Å². The minimum absolute atomic E-state index is 0.718. The Morgan fingerprint density at radius 2 is 1.61 bits per heavy atom. The maximum absolute atomic E-state index is 4.57. The molecule has 0 N–H and O–H groups in total. The van der Waals surface area contributed by atoms with Crippen molar-refractivity contribution < 1.29 is 0 Å². The summed E-state index contributed by atoms with van der Waals surface area (Å²) < 4.78 is 2.19. The van der Waals surface area contributed by atoms with Crippen molar-refractivity contribution in [2.45, 2.75) is 54.0 Å². The molecule has 0 fully saturated rings. The summed E-state index contributed by atoms with van der Waals surface area (Å²) in [5.74, 6) is 1.67. The lowest BCUT2D eigenvalue weighted by Crippen LogP contribution is -2.28. The van der Waals surface area contributed by atoms with Crippen molar-refractivity contribution >= 4 is 5.95 Å². The molecule has 0 bridgehead atoms. The van der Waals surface area contributed by atoms with E-state index in [2.05, 4.69) is 76.4 Å². The molecule has 0 unspecified atom stereocenters. The highest BCUT2D eigenvalue weighted by molar-refractivity contribution is 5.53. The first-order valence-corrected chi connectivity index (χ1v) is 10.1. The largest absolute Gasteiger partial charge is 0.341 e. The number of nitrogens with zero attached hydrogens (tertiary/aromatic N) is 6. The molecule has 148 valence electrons. The van der Waals surface area contributed by atoms with E-state index in [4.69, 9.17) is 0 Å². The smallest absolute Gasteiger partial charge is 0.227 e. The fourth-order valence-electron chi connectivity index (χ4n) is 3.75. The third-order valence-corrected chi connectivity index (χ3v) is 4.95. The number of hydrogen-bond donors (Lipinski definition) is 0. The van der Waals surface area contributed by atoms with Gasteiger partial charge in [-0.1, -0.05) is 31.5 Å². The highest BCUT2D eigenvalue weighted by Crippen LogP contribution is 2.25. The highest BCUT2D eigenvalue weighted by atomic mass is 15.4. The van der Waals surface area contributed by atoms with Crippen LogP contribution in [0.4, 0.5) is 5.95 Å². The van der Waals surface area contributed by atoms with E-state index in [1.807, 2.05) is 0 Å². The minimum Gasteiger partial charge on any atom is -0.341 e. The Kier molecular flexibility index (Phi) is 6.39. The molecule has 0 spiro atoms. The summed E-state index contributed by atoms with van der Waals surface area (Å²) in [4.78, 5) is 11.0. The zero-order valence-corrected chi connectivity index (χ0v) is 17.6. The summed E-state index contributed by atoms with van der Waals surface area (Å²) in [5.41, 5.74) is 5.93. The first kappa shape index (κ1) is 20.0. The Bertz CT molecular complexity index is 887. The third kappa shape index (κ3) is 4.21. The van der Waals surface area contributed by atoms with Crippen LogP contribution in [0.2, 0.25) is 0 Å². The van der Waals surface area contributed by atoms with Crippen LogP contribution in [0.15, 0.2) is 30.7 Å². The topological polar surface area (TPSA) is 59.7 Å². The van der Waals surface area contributed by atoms with Crippen LogP contribution in [0.3, 0.4) is 0 Å². The second kappa shape index (κ2) is 8.95. The van der Waals surface area contributed by atoms with Gasteiger partial charge in [0.2, 0.25) is 5.95 Å². The molecule has 6 heteroatoms. The molecule has 3 rings (SSSR count). The summed E-state index contributed by atoms with van der Waals surface area (Å²) in [6.07, 6.45) is 7.26. The molecule has 2 heterocycles. The van der Waals surface area contributed by atoms with Crippen molar-refractivity contribution in [1.82, 2.24) is 24.7 Å². The zero-order chi connectivity index (χ0) is 20.1. The number of rotatable bonds is 8. The average Bonchev–Trinajstić information content (AvgIpc) is 3.08. The van der Waals surface area contributed by atoms with E-state index in [1.165, 1.54) is 22.3 Å². The van der Waals surface area contributed by atoms with Crippen LogP contribution < -0.4 is 4.90 Å². The Hall–Kier alpha value is -2.76. The van der Waals surface area contributed by atoms with Crippen LogP contribution in [-0.4, -0.2) is 37.8 Å². The van der Waals surface area contributed by atoms with E-state index in [0.29, 0.717) is 0 Å². The van der Waals surface area contributed by atoms with Crippen molar-refractivity contribution in [3.63, 3.8) is 0 Å². The van der Waals surface area contributed by atoms with Gasteiger partial charge in [-0.3, -0.25) is 9.55 Å². The fraction of sp³-hybridized carbons (Fsp3) is 0.455. The van der Waals surface area contributed by atoms with Gasteiger partial charge < -0.3 is 4.90 Å². The molecule has 0 saturated heterocycles. The van der Waals surface area contributed by atoms with Gasteiger partial charge in [0, 0.05) is 25.5 Å². The standard InChI is InChI=1S/C22H30N6/c1-6-10-27(11-7-2)22-26-25-21(20-14-23-8-9-24-20)28(22)15-19-17(4)12-16(3)13-18(19)5/h8-9,12-14H,6-7,10-11,15H2,1-5H3. The van der Waals surface area contributed by atoms with Crippen LogP contribution in [-0.2, 0) is 6.54 Å². The lowest BCUT2D eigenvalue weighted by atomic mass is 10.00. The molecular formula is C22H30N6. The van der Waals surface area contributed by atoms with Crippen LogP contribution in [0.1, 0.15) is 48.9 Å². The normalized spacial score (nSPS) is 11.0. The van der Waals surface area contributed by atoms with Gasteiger partial charge in [0.05, 0.1) is 12.7 Å². The van der Waals surface area contributed by atoms with Crippen LogP contribution in [0.5, 0.6) is 0 Å². The predicted octanol–water partition coefficient (Wildman–Crippen LogP) is 4.34. The molecule has 0 aliphatic rings. The quantitative estimate of drug-likeness (QED) is 0.584. The van der Waals surface area contributed by atoms with Gasteiger partial charge in [-0.25, -0.2) is 4.98 Å². The predicted molar refractivity (Wildman–Crippen MR) is 114 cm³/mol. The number of aromatic nitrogens is 5. The molecule has 6 nitrogen and oxygen atoms in total. The minimum atomic E-state index is 0.718. The molecule has 0 aliphatic carbocycles. The molecule has 1 aromatic carbocycles. The molecule has 2 aromatic heterocycles. The van der Waals surface area contributed by atoms with Crippen LogP contribution in [0, 0.1) is 20.8 Å². The van der Waals surface area contributed by atoms with E-state index in [9.17, 15) is 0 Å². The van der Waals surface area contributed by atoms with Gasteiger partial charge >= 0.3 is 0 Å². The Morgan fingerprint density at radius 1 is 0.929 bits per heavy atom. The monoisotopic (exact) mass is 378 g/mol. The van der Waals surface area contributed by atoms with E-state index >= 15 is 0 Å². The maximum atomic E-state index is 4.57. The number of hydrogen-bond acceptors (Lipinski definition) is 5. The second-order valence-electron chi connectivity index (χ2n) is 7.36. The van der Waals surface area contributed by atoms with E-state index in [-0.39, 0.29) is 0 Å². The summed E-state index contributed by atoms with van der Waals surface area (Å²) in [6.45, 7) is 13.5. The average molecular weight is 379 g/mol. The fourth-order valence-corrected chi connectivity index (χ4v) is 3.75. The molecule has 0 saturated carbocycles. The molecular weight excluding hydrogens is 348 g/mol. The van der Waals surface area contributed by atoms with Crippen molar-refractivity contribution in [3.8, 4) is 11.5 Å². The second-order valence-corrected chi connectivity index (χ2v) is 7.36. The highest BCUT2D eigenvalue weighted by Gasteiger charge is 2.21. The number of anilines is 1. The van der Waals surface area contributed by atoms with E-state index < -0.39 is 0 Å². The summed E-state index contributed by atoms with van der Waals surface area (Å²) in [5, 5.41) is 9.09. The van der Waals surface area contributed by atoms with Crippen LogP contribution in [0.25, 0.3) is 11.5 Å². The number of benzene rings is 1. The van der Waals surface area contributed by atoms with E-state index in [1.54, 1.807) is 18.6 Å². The molecule has 0 aliphatic heterocycles. The third-order valence-electron chi connectivity index (χ3n) is 4.95. The van der Waals surface area contributed by atoms with Crippen LogP contribution >= 0.6 is 0 Å². The van der Waals surface area contributed by atoms with Gasteiger partial charge in [-0.2, -0.15) is 0 Å². The lowest BCUT2D eigenvalue weighted by molar-refractivity contribution is 0.681. The molecule has 28 heavy (non-hydrogen) atoms. The van der Waals surface area contributed by atoms with Gasteiger partial charge in [0.15, 0.2) is 5.82 Å². The van der Waals surface area contributed by atoms with Crippen molar-refractivity contribution in [3.05, 3.63) is 53.0 Å². The van der Waals surface area contributed by atoms with Gasteiger partial charge in [0.25, 0.3) is 0 Å². The Balaban J connectivity index is 2.12. The Morgan fingerprint density at radius 3 is 2.18 bits per heavy atom. The number of aryl methyl sites for hydroxylation is 3. The van der Waals surface area contributed by atoms with Crippen molar-refractivity contribution in [1.29, 1.82) is 0 Å². The molecule has 0 radical (unpaired) electrons. The first-order valence-electron chi connectivity index (χ1n) is 10.1. The lowest BCUT2D eigenvalue weighted by Gasteiger charge is -2.24.